The maximum absolute atomic E-state index is 13.9. The van der Waals surface area contributed by atoms with Crippen molar-refractivity contribution >= 4 is 112 Å². The van der Waals surface area contributed by atoms with E-state index in [-0.39, 0.29) is 75.5 Å². The molecule has 1 saturated heterocycles. The lowest BCUT2D eigenvalue weighted by atomic mass is 9.77. The zero-order valence-electron chi connectivity index (χ0n) is 35.5. The Morgan fingerprint density at radius 3 is 2.21 bits per heavy atom. The van der Waals surface area contributed by atoms with Crippen LogP contribution < -0.4 is 41.6 Å². The van der Waals surface area contributed by atoms with Gasteiger partial charge in [0.2, 0.25) is 25.4 Å². The molecule has 30 heteroatoms. The highest BCUT2D eigenvalue weighted by Crippen LogP contribution is 2.57. The fourth-order valence-corrected chi connectivity index (χ4v) is 12.0. The van der Waals surface area contributed by atoms with Crippen molar-refractivity contribution in [3.05, 3.63) is 92.8 Å². The molecular formula is C40H37ClN10O14S5. The second-order valence-corrected chi connectivity index (χ2v) is 22.4. The van der Waals surface area contributed by atoms with Crippen LogP contribution in [-0.2, 0) is 40.0 Å². The molecule has 1 fully saturated rings. The normalized spacial score (nSPS) is 17.0. The molecule has 3 atom stereocenters. The molecule has 3 aliphatic rings. The number of sulfonamides is 2. The number of nitrogens with two attached hydrogens (primary N) is 2. The molecule has 0 saturated carbocycles. The number of aromatic nitrogens is 2. The number of esters is 1. The minimum absolute atomic E-state index is 0.0849. The first-order valence-corrected chi connectivity index (χ1v) is 25.9. The summed E-state index contributed by atoms with van der Waals surface area (Å²) in [7, 11) is -8.70. The van der Waals surface area contributed by atoms with Crippen LogP contribution in [-0.4, -0.2) is 113 Å². The van der Waals surface area contributed by atoms with E-state index >= 15 is 0 Å². The monoisotopic (exact) mass is 1080 g/mol. The first kappa shape index (κ1) is 49.7. The Hall–Kier alpha value is -6.73. The largest absolute Gasteiger partial charge is 0.508 e. The molecule has 3 aliphatic heterocycles. The number of carboxylic acids is 1. The molecule has 4 amide bonds. The van der Waals surface area contributed by atoms with Gasteiger partial charge in [0.15, 0.2) is 10.7 Å². The van der Waals surface area contributed by atoms with Gasteiger partial charge in [0.05, 0.1) is 21.5 Å². The number of aromatic hydroxyl groups is 2. The molecule has 24 nitrogen and oxygen atoms in total. The molecule has 8 rings (SSSR count). The number of aliphatic carboxylic acids is 1. The van der Waals surface area contributed by atoms with Gasteiger partial charge in [0.1, 0.15) is 39.3 Å². The standard InChI is InChI=1S/C40H37ClN10O14S5/c41-30-15-22(35(67-30)69(42,60)61)32(55)51-16-18(45-36(59)48-38-49-50-39(68-38)70(43,62)63)12-27(51)31(54)47-26(33(56)57)3-1-2-10-44-37(66)46-17-4-7-23-21(11-17)34(58)65-40(23)24-8-5-19(52)13-28(24)64-29-14-20(53)6-9-25(29)40/h4-9,11,13-15,18,26-27,52-53H,1-3,10,12,16H2,(H,47,54)(H,56,57)(H2,42,60,61)(H2,43,62,63)(H2,44,46,66)(H2,45,48,49,59)/t18-,26+,27-/m1/s1. The van der Waals surface area contributed by atoms with Crippen molar-refractivity contribution < 1.29 is 65.6 Å². The van der Waals surface area contributed by atoms with E-state index in [1.165, 1.54) is 24.3 Å². The Balaban J connectivity index is 0.886. The van der Waals surface area contributed by atoms with E-state index in [9.17, 15) is 56.1 Å². The smallest absolute Gasteiger partial charge is 0.340 e. The molecule has 5 heterocycles. The van der Waals surface area contributed by atoms with Crippen LogP contribution in [0.25, 0.3) is 0 Å². The molecule has 3 aromatic carbocycles. The molecule has 368 valence electrons. The van der Waals surface area contributed by atoms with Gasteiger partial charge in [-0.2, -0.15) is 0 Å². The Labute approximate surface area is 414 Å². The van der Waals surface area contributed by atoms with E-state index in [0.29, 0.717) is 51.5 Å². The number of nitrogens with one attached hydrogen (secondary N) is 5. The number of thiocarbonyl (C=S) groups is 1. The number of urea groups is 1. The number of amides is 4. The molecular weight excluding hydrogens is 1040 g/mol. The van der Waals surface area contributed by atoms with Crippen molar-refractivity contribution in [1.29, 1.82) is 0 Å². The van der Waals surface area contributed by atoms with Crippen LogP contribution in [0.1, 0.15) is 63.1 Å². The van der Waals surface area contributed by atoms with Crippen LogP contribution in [0.4, 0.5) is 15.6 Å². The fraction of sp³-hybridized carbons (Fsp3) is 0.250. The van der Waals surface area contributed by atoms with Crippen molar-refractivity contribution in [3.8, 4) is 23.0 Å². The average molecular weight is 1080 g/mol. The van der Waals surface area contributed by atoms with Crippen LogP contribution in [0.3, 0.4) is 0 Å². The van der Waals surface area contributed by atoms with Gasteiger partial charge >= 0.3 is 18.0 Å². The number of thiophene rings is 1. The molecule has 12 N–H and O–H groups in total. The molecule has 2 aromatic heterocycles. The first-order chi connectivity index (χ1) is 33.0. The number of unbranched alkanes of at least 4 members (excludes halogenated alkanes) is 1. The van der Waals surface area contributed by atoms with E-state index in [1.54, 1.807) is 30.3 Å². The van der Waals surface area contributed by atoms with E-state index in [4.69, 9.17) is 43.6 Å². The van der Waals surface area contributed by atoms with Crippen molar-refractivity contribution in [1.82, 2.24) is 31.0 Å². The van der Waals surface area contributed by atoms with Gasteiger partial charge in [-0.15, -0.1) is 21.5 Å². The number of halogens is 1. The lowest BCUT2D eigenvalue weighted by Crippen LogP contribution is -2.51. The summed E-state index contributed by atoms with van der Waals surface area (Å²) < 4.78 is 58.7. The molecule has 0 bridgehead atoms. The third kappa shape index (κ3) is 10.1. The number of carbonyl (C=O) groups is 5. The summed E-state index contributed by atoms with van der Waals surface area (Å²) in [5, 5.41) is 60.9. The van der Waals surface area contributed by atoms with Gasteiger partial charge < -0.3 is 51.0 Å². The van der Waals surface area contributed by atoms with E-state index in [1.807, 2.05) is 0 Å². The number of carboxylic acid groups (broad SMARTS) is 1. The molecule has 5 aromatic rings. The highest BCUT2D eigenvalue weighted by molar-refractivity contribution is 7.91. The summed E-state index contributed by atoms with van der Waals surface area (Å²) >= 11 is 12.5. The third-order valence-electron chi connectivity index (χ3n) is 11.1. The number of ether oxygens (including phenoxy) is 2. The lowest BCUT2D eigenvalue weighted by molar-refractivity contribution is -0.142. The van der Waals surface area contributed by atoms with Crippen LogP contribution in [0.5, 0.6) is 23.0 Å². The molecule has 0 aliphatic carbocycles. The second kappa shape index (κ2) is 19.2. The Kier molecular flexibility index (Phi) is 13.6. The number of anilines is 2. The average Bonchev–Trinajstić information content (AvgIpc) is 4.08. The Morgan fingerprint density at radius 2 is 1.59 bits per heavy atom. The molecule has 0 unspecified atom stereocenters. The van der Waals surface area contributed by atoms with Crippen molar-refractivity contribution in [2.24, 2.45) is 10.3 Å². The van der Waals surface area contributed by atoms with Crippen molar-refractivity contribution in [2.75, 3.05) is 23.7 Å². The topological polar surface area (TPSA) is 374 Å². The maximum Gasteiger partial charge on any atom is 0.340 e. The maximum atomic E-state index is 13.9. The van der Waals surface area contributed by atoms with Gasteiger partial charge in [-0.1, -0.05) is 29.0 Å². The molecule has 1 spiro atoms. The summed E-state index contributed by atoms with van der Waals surface area (Å²) in [6.45, 7) is -0.142. The SMILES string of the molecule is NS(=O)(=O)c1nnc(NC(=O)N[C@@H]2C[C@H](C(=O)N[C@@H](CCCCNC(=S)Nc3ccc4c(c3)C(=O)OC43c4ccc(O)cc4Oc4cc(O)ccc43)C(=O)O)N(C(=O)c3cc(Cl)sc3S(N)(=O)=O)C2)s1. The van der Waals surface area contributed by atoms with Crippen LogP contribution in [0, 0.1) is 0 Å². The minimum atomic E-state index is -4.48. The Morgan fingerprint density at radius 1 is 0.914 bits per heavy atom. The summed E-state index contributed by atoms with van der Waals surface area (Å²) in [5.74, 6) is -3.72. The zero-order valence-corrected chi connectivity index (χ0v) is 40.3. The van der Waals surface area contributed by atoms with Gasteiger partial charge in [0.25, 0.3) is 15.9 Å². The number of benzene rings is 3. The predicted molar refractivity (Wildman–Crippen MR) is 253 cm³/mol. The highest BCUT2D eigenvalue weighted by atomic mass is 35.5. The van der Waals surface area contributed by atoms with Crippen LogP contribution in [0.15, 0.2) is 69.2 Å². The van der Waals surface area contributed by atoms with E-state index in [0.717, 1.165) is 11.0 Å². The number of phenolic OH excluding ortho intramolecular Hbond substituents is 2. The predicted octanol–water partition coefficient (Wildman–Crippen LogP) is 2.66. The number of nitrogens with zero attached hydrogens (tertiary/aromatic N) is 3. The summed E-state index contributed by atoms with van der Waals surface area (Å²) in [6, 6.07) is 9.95. The van der Waals surface area contributed by atoms with E-state index in [2.05, 4.69) is 36.8 Å². The van der Waals surface area contributed by atoms with Gasteiger partial charge in [-0.3, -0.25) is 14.9 Å². The summed E-state index contributed by atoms with van der Waals surface area (Å²) in [5.41, 5.74) is 0.122. The van der Waals surface area contributed by atoms with Crippen molar-refractivity contribution in [2.45, 2.75) is 58.0 Å². The summed E-state index contributed by atoms with van der Waals surface area (Å²) in [4.78, 5) is 67.5. The zero-order chi connectivity index (χ0) is 50.4. The lowest BCUT2D eigenvalue weighted by Gasteiger charge is -2.36. The third-order valence-corrected chi connectivity index (χ3v) is 16.2. The quantitative estimate of drug-likeness (QED) is 0.0331. The number of likely N-dealkylation sites (tertiary alicyclic amines) is 1. The number of hydrogen-bond acceptors (Lipinski definition) is 18. The number of fused-ring (bicyclic) bond motifs is 6. The number of phenols is 2. The van der Waals surface area contributed by atoms with Gasteiger partial charge in [-0.05, 0) is 80.4 Å². The Bertz CT molecular complexity index is 3190. The number of carbonyl (C=O) groups excluding carboxylic acids is 4. The number of hydrogen-bond donors (Lipinski definition) is 10. The summed E-state index contributed by atoms with van der Waals surface area (Å²) in [6.07, 6.45) is 0.220. The number of primary sulfonamides is 2. The number of rotatable bonds is 14. The molecule has 0 radical (unpaired) electrons. The fourth-order valence-electron chi connectivity index (χ4n) is 8.13. The van der Waals surface area contributed by atoms with Gasteiger partial charge in [0, 0.05) is 47.6 Å². The highest BCUT2D eigenvalue weighted by Gasteiger charge is 2.54. The molecule has 70 heavy (non-hydrogen) atoms. The van der Waals surface area contributed by atoms with E-state index < -0.39 is 87.7 Å². The first-order valence-electron chi connectivity index (χ1n) is 20.4. The van der Waals surface area contributed by atoms with Crippen LogP contribution in [0.2, 0.25) is 4.34 Å². The minimum Gasteiger partial charge on any atom is -0.508 e. The van der Waals surface area contributed by atoms with Crippen LogP contribution >= 0.6 is 46.5 Å². The van der Waals surface area contributed by atoms with Gasteiger partial charge in [-0.25, -0.2) is 41.5 Å². The van der Waals surface area contributed by atoms with Crippen molar-refractivity contribution in [3.63, 3.8) is 0 Å². The second-order valence-electron chi connectivity index (χ2n) is 15.8.